The molecule has 0 spiro atoms. The number of thioether (sulfide) groups is 1. The van der Waals surface area contributed by atoms with Crippen LogP contribution in [0.2, 0.25) is 0 Å². The van der Waals surface area contributed by atoms with Crippen LogP contribution in [0, 0.1) is 0 Å². The molecule has 5 heteroatoms. The number of hydrogen-bond donors (Lipinski definition) is 1. The smallest absolute Gasteiger partial charge is 0.238 e. The first kappa shape index (κ1) is 14.9. The van der Waals surface area contributed by atoms with E-state index in [1.54, 1.807) is 11.8 Å². The molecule has 2 fully saturated rings. The van der Waals surface area contributed by atoms with Gasteiger partial charge in [0.15, 0.2) is 0 Å². The van der Waals surface area contributed by atoms with E-state index in [1.165, 1.54) is 4.90 Å². The summed E-state index contributed by atoms with van der Waals surface area (Å²) in [5.74, 6) is 0.164. The SMILES string of the molecule is CSc1ccc(C2NCC(=O)N2C(C)C2CCCO2)cc1. The van der Waals surface area contributed by atoms with Crippen LogP contribution in [0.5, 0.6) is 0 Å². The summed E-state index contributed by atoms with van der Waals surface area (Å²) >= 11 is 1.73. The second-order valence-corrected chi connectivity index (χ2v) is 6.53. The van der Waals surface area contributed by atoms with Gasteiger partial charge < -0.3 is 9.64 Å². The van der Waals surface area contributed by atoms with Crippen molar-refractivity contribution in [2.24, 2.45) is 0 Å². The molecular weight excluding hydrogens is 284 g/mol. The lowest BCUT2D eigenvalue weighted by atomic mass is 10.1. The third kappa shape index (κ3) is 2.96. The number of nitrogens with zero attached hydrogens (tertiary/aromatic N) is 1. The van der Waals surface area contributed by atoms with E-state index < -0.39 is 0 Å². The number of carbonyl (C=O) groups is 1. The van der Waals surface area contributed by atoms with Gasteiger partial charge in [-0.05, 0) is 43.7 Å². The van der Waals surface area contributed by atoms with Gasteiger partial charge in [0.05, 0.1) is 18.7 Å². The van der Waals surface area contributed by atoms with E-state index in [2.05, 4.69) is 42.8 Å². The Labute approximate surface area is 130 Å². The molecule has 0 aliphatic carbocycles. The van der Waals surface area contributed by atoms with E-state index >= 15 is 0 Å². The number of benzene rings is 1. The van der Waals surface area contributed by atoms with Crippen molar-refractivity contribution in [1.82, 2.24) is 10.2 Å². The Morgan fingerprint density at radius 2 is 2.14 bits per heavy atom. The van der Waals surface area contributed by atoms with Gasteiger partial charge in [-0.2, -0.15) is 0 Å². The zero-order chi connectivity index (χ0) is 14.8. The highest BCUT2D eigenvalue weighted by Gasteiger charge is 2.39. The minimum atomic E-state index is -0.0346. The summed E-state index contributed by atoms with van der Waals surface area (Å²) in [7, 11) is 0. The minimum Gasteiger partial charge on any atom is -0.376 e. The van der Waals surface area contributed by atoms with E-state index in [0.717, 1.165) is 25.0 Å². The van der Waals surface area contributed by atoms with Gasteiger partial charge in [-0.15, -0.1) is 11.8 Å². The third-order valence-electron chi connectivity index (χ3n) is 4.39. The number of rotatable bonds is 4. The molecule has 2 heterocycles. The zero-order valence-corrected chi connectivity index (χ0v) is 13.4. The fourth-order valence-electron chi connectivity index (χ4n) is 3.21. The van der Waals surface area contributed by atoms with Crippen LogP contribution < -0.4 is 5.32 Å². The van der Waals surface area contributed by atoms with Crippen LogP contribution in [0.15, 0.2) is 29.2 Å². The average molecular weight is 306 g/mol. The molecule has 1 aromatic rings. The molecule has 114 valence electrons. The van der Waals surface area contributed by atoms with Gasteiger partial charge in [0, 0.05) is 11.5 Å². The van der Waals surface area contributed by atoms with Crippen LogP contribution >= 0.6 is 11.8 Å². The highest BCUT2D eigenvalue weighted by Crippen LogP contribution is 2.30. The molecular formula is C16H22N2O2S. The van der Waals surface area contributed by atoms with Gasteiger partial charge in [-0.1, -0.05) is 12.1 Å². The van der Waals surface area contributed by atoms with Crippen molar-refractivity contribution in [2.45, 2.75) is 43.0 Å². The summed E-state index contributed by atoms with van der Waals surface area (Å²) < 4.78 is 5.77. The average Bonchev–Trinajstić information content (AvgIpc) is 3.16. The van der Waals surface area contributed by atoms with E-state index in [-0.39, 0.29) is 24.2 Å². The molecule has 4 nitrogen and oxygen atoms in total. The molecule has 2 aliphatic rings. The molecule has 2 saturated heterocycles. The third-order valence-corrected chi connectivity index (χ3v) is 5.13. The molecule has 3 unspecified atom stereocenters. The van der Waals surface area contributed by atoms with Gasteiger partial charge in [-0.25, -0.2) is 0 Å². The summed E-state index contributed by atoms with van der Waals surface area (Å²) in [4.78, 5) is 15.5. The predicted molar refractivity (Wildman–Crippen MR) is 84.2 cm³/mol. The molecule has 3 rings (SSSR count). The topological polar surface area (TPSA) is 41.6 Å². The Balaban J connectivity index is 1.80. The van der Waals surface area contributed by atoms with Crippen LogP contribution in [0.4, 0.5) is 0 Å². The second-order valence-electron chi connectivity index (χ2n) is 5.65. The van der Waals surface area contributed by atoms with Gasteiger partial charge in [0.1, 0.15) is 6.17 Å². The van der Waals surface area contributed by atoms with Crippen molar-refractivity contribution in [3.63, 3.8) is 0 Å². The molecule has 1 N–H and O–H groups in total. The van der Waals surface area contributed by atoms with E-state index in [4.69, 9.17) is 4.74 Å². The van der Waals surface area contributed by atoms with Crippen molar-refractivity contribution in [1.29, 1.82) is 0 Å². The lowest BCUT2D eigenvalue weighted by Crippen LogP contribution is -2.44. The standard InChI is InChI=1S/C16H22N2O2S/c1-11(14-4-3-9-20-14)18-15(19)10-17-16(18)12-5-7-13(21-2)8-6-12/h5-8,11,14,16-17H,3-4,9-10H2,1-2H3. The Bertz CT molecular complexity index is 500. The Morgan fingerprint density at radius 3 is 2.76 bits per heavy atom. The lowest BCUT2D eigenvalue weighted by Gasteiger charge is -2.33. The largest absolute Gasteiger partial charge is 0.376 e. The number of hydrogen-bond acceptors (Lipinski definition) is 4. The second kappa shape index (κ2) is 6.38. The van der Waals surface area contributed by atoms with Crippen LogP contribution in [0.1, 0.15) is 31.5 Å². The maximum atomic E-state index is 12.3. The van der Waals surface area contributed by atoms with Crippen LogP contribution in [0.25, 0.3) is 0 Å². The van der Waals surface area contributed by atoms with Gasteiger partial charge >= 0.3 is 0 Å². The minimum absolute atomic E-state index is 0.0346. The van der Waals surface area contributed by atoms with Gasteiger partial charge in [-0.3, -0.25) is 10.1 Å². The first-order valence-corrected chi connectivity index (χ1v) is 8.73. The molecule has 1 amide bonds. The molecule has 0 saturated carbocycles. The molecule has 2 aliphatic heterocycles. The van der Waals surface area contributed by atoms with Crippen molar-refractivity contribution in [3.05, 3.63) is 29.8 Å². The molecule has 1 aromatic carbocycles. The highest BCUT2D eigenvalue weighted by atomic mass is 32.2. The van der Waals surface area contributed by atoms with Crippen molar-refractivity contribution < 1.29 is 9.53 Å². The molecule has 3 atom stereocenters. The molecule has 0 radical (unpaired) electrons. The maximum Gasteiger partial charge on any atom is 0.238 e. The van der Waals surface area contributed by atoms with Crippen LogP contribution in [-0.2, 0) is 9.53 Å². The Morgan fingerprint density at radius 1 is 1.38 bits per heavy atom. The van der Waals surface area contributed by atoms with Crippen molar-refractivity contribution in [2.75, 3.05) is 19.4 Å². The Kier molecular flexibility index (Phi) is 4.52. The number of carbonyl (C=O) groups excluding carboxylic acids is 1. The lowest BCUT2D eigenvalue weighted by molar-refractivity contribution is -0.132. The first-order valence-electron chi connectivity index (χ1n) is 7.51. The van der Waals surface area contributed by atoms with Gasteiger partial charge in [0.2, 0.25) is 5.91 Å². The van der Waals surface area contributed by atoms with E-state index in [1.807, 2.05) is 4.90 Å². The van der Waals surface area contributed by atoms with Crippen LogP contribution in [-0.4, -0.2) is 42.4 Å². The molecule has 21 heavy (non-hydrogen) atoms. The number of amides is 1. The number of ether oxygens (including phenoxy) is 1. The predicted octanol–water partition coefficient (Wildman–Crippen LogP) is 2.41. The van der Waals surface area contributed by atoms with Gasteiger partial charge in [0.25, 0.3) is 0 Å². The maximum absolute atomic E-state index is 12.3. The number of nitrogens with one attached hydrogen (secondary N) is 1. The summed E-state index contributed by atoms with van der Waals surface area (Å²) in [6.45, 7) is 3.33. The zero-order valence-electron chi connectivity index (χ0n) is 12.5. The summed E-state index contributed by atoms with van der Waals surface area (Å²) in [5, 5.41) is 3.33. The quantitative estimate of drug-likeness (QED) is 0.867. The fourth-order valence-corrected chi connectivity index (χ4v) is 3.61. The van der Waals surface area contributed by atoms with E-state index in [9.17, 15) is 4.79 Å². The summed E-state index contributed by atoms with van der Waals surface area (Å²) in [5.41, 5.74) is 1.14. The summed E-state index contributed by atoms with van der Waals surface area (Å²) in [6, 6.07) is 8.55. The van der Waals surface area contributed by atoms with Crippen molar-refractivity contribution >= 4 is 17.7 Å². The monoisotopic (exact) mass is 306 g/mol. The highest BCUT2D eigenvalue weighted by molar-refractivity contribution is 7.98. The molecule has 0 aromatic heterocycles. The van der Waals surface area contributed by atoms with E-state index in [0.29, 0.717) is 6.54 Å². The van der Waals surface area contributed by atoms with Crippen molar-refractivity contribution in [3.8, 4) is 0 Å². The summed E-state index contributed by atoms with van der Waals surface area (Å²) in [6.07, 6.45) is 4.34. The molecule has 0 bridgehead atoms. The fraction of sp³-hybridized carbons (Fsp3) is 0.562. The normalized spacial score (nSPS) is 27.3. The van der Waals surface area contributed by atoms with Crippen LogP contribution in [0.3, 0.4) is 0 Å². The first-order chi connectivity index (χ1) is 10.2. The Hall–Kier alpha value is -1.04.